The van der Waals surface area contributed by atoms with Crippen molar-refractivity contribution in [2.75, 3.05) is 21.1 Å². The Kier molecular flexibility index (Phi) is 3.23. The Labute approximate surface area is 89.5 Å². The summed E-state index contributed by atoms with van der Waals surface area (Å²) in [6, 6.07) is 5.61. The quantitative estimate of drug-likeness (QED) is 0.670. The molecule has 0 bridgehead atoms. The number of nitrogens with zero attached hydrogens (tertiary/aromatic N) is 1. The first-order valence-electron chi connectivity index (χ1n) is 4.13. The number of hydrogen-bond donors (Lipinski definition) is 0. The van der Waals surface area contributed by atoms with E-state index in [1.54, 1.807) is 0 Å². The van der Waals surface area contributed by atoms with E-state index in [-0.39, 0.29) is 0 Å². The SMILES string of the molecule is C[N+](C)(C)Cc1c(Cl)cccc1Cl. The molecule has 0 aliphatic rings. The van der Waals surface area contributed by atoms with E-state index in [0.717, 1.165) is 26.6 Å². The molecule has 1 nitrogen and oxygen atoms in total. The number of halogens is 2. The number of rotatable bonds is 2. The molecule has 0 saturated heterocycles. The van der Waals surface area contributed by atoms with Gasteiger partial charge in [0.1, 0.15) is 6.54 Å². The minimum atomic E-state index is 0.751. The zero-order valence-electron chi connectivity index (χ0n) is 8.14. The lowest BCUT2D eigenvalue weighted by atomic mass is 10.2. The summed E-state index contributed by atoms with van der Waals surface area (Å²) in [5, 5.41) is 1.50. The monoisotopic (exact) mass is 218 g/mol. The van der Waals surface area contributed by atoms with Crippen LogP contribution in [-0.2, 0) is 6.54 Å². The fourth-order valence-corrected chi connectivity index (χ4v) is 1.67. The Hall–Kier alpha value is -0.240. The van der Waals surface area contributed by atoms with E-state index < -0.39 is 0 Å². The predicted octanol–water partition coefficient (Wildman–Crippen LogP) is 3.20. The molecule has 72 valence electrons. The van der Waals surface area contributed by atoms with E-state index >= 15 is 0 Å². The lowest BCUT2D eigenvalue weighted by Crippen LogP contribution is -2.33. The van der Waals surface area contributed by atoms with Gasteiger partial charge in [-0.05, 0) is 12.1 Å². The normalized spacial score (nSPS) is 11.8. The van der Waals surface area contributed by atoms with Crippen LogP contribution in [0, 0.1) is 0 Å². The molecule has 0 saturated carbocycles. The molecule has 0 fully saturated rings. The summed E-state index contributed by atoms with van der Waals surface area (Å²) in [6.07, 6.45) is 0. The van der Waals surface area contributed by atoms with Gasteiger partial charge in [-0.1, -0.05) is 29.3 Å². The van der Waals surface area contributed by atoms with Crippen molar-refractivity contribution in [3.63, 3.8) is 0 Å². The van der Waals surface area contributed by atoms with Crippen LogP contribution in [0.5, 0.6) is 0 Å². The molecule has 1 aromatic carbocycles. The molecule has 0 aliphatic carbocycles. The highest BCUT2D eigenvalue weighted by molar-refractivity contribution is 6.35. The summed E-state index contributed by atoms with van der Waals surface area (Å²) >= 11 is 12.1. The third-order valence-electron chi connectivity index (χ3n) is 1.69. The Morgan fingerprint density at radius 2 is 1.54 bits per heavy atom. The average molecular weight is 219 g/mol. The van der Waals surface area contributed by atoms with Crippen molar-refractivity contribution in [3.8, 4) is 0 Å². The first-order chi connectivity index (χ1) is 5.90. The van der Waals surface area contributed by atoms with Crippen LogP contribution in [-0.4, -0.2) is 25.6 Å². The van der Waals surface area contributed by atoms with Gasteiger partial charge in [-0.15, -0.1) is 0 Å². The summed E-state index contributed by atoms with van der Waals surface area (Å²) in [7, 11) is 6.33. The van der Waals surface area contributed by atoms with Gasteiger partial charge in [0, 0.05) is 5.56 Å². The van der Waals surface area contributed by atoms with Crippen LogP contribution < -0.4 is 0 Å². The maximum absolute atomic E-state index is 6.04. The fraction of sp³-hybridized carbons (Fsp3) is 0.400. The Morgan fingerprint density at radius 3 is 1.92 bits per heavy atom. The summed E-state index contributed by atoms with van der Waals surface area (Å²) in [5.41, 5.74) is 1.03. The van der Waals surface area contributed by atoms with Crippen LogP contribution >= 0.6 is 23.2 Å². The van der Waals surface area contributed by atoms with Gasteiger partial charge in [0.2, 0.25) is 0 Å². The van der Waals surface area contributed by atoms with Crippen LogP contribution in [0.15, 0.2) is 18.2 Å². The highest BCUT2D eigenvalue weighted by Gasteiger charge is 2.14. The van der Waals surface area contributed by atoms with E-state index in [4.69, 9.17) is 23.2 Å². The van der Waals surface area contributed by atoms with E-state index in [1.165, 1.54) is 0 Å². The van der Waals surface area contributed by atoms with Gasteiger partial charge in [-0.2, -0.15) is 0 Å². The first kappa shape index (κ1) is 10.8. The summed E-state index contributed by atoms with van der Waals surface area (Å²) in [4.78, 5) is 0. The van der Waals surface area contributed by atoms with Gasteiger partial charge >= 0.3 is 0 Å². The molecule has 0 spiro atoms. The van der Waals surface area contributed by atoms with Gasteiger partial charge in [-0.3, -0.25) is 0 Å². The lowest BCUT2D eigenvalue weighted by Gasteiger charge is -2.24. The van der Waals surface area contributed by atoms with Gasteiger partial charge in [0.05, 0.1) is 31.2 Å². The summed E-state index contributed by atoms with van der Waals surface area (Å²) in [5.74, 6) is 0. The molecular weight excluding hydrogens is 205 g/mol. The smallest absolute Gasteiger partial charge is 0.107 e. The Balaban J connectivity index is 3.00. The third kappa shape index (κ3) is 3.18. The van der Waals surface area contributed by atoms with Crippen molar-refractivity contribution in [2.24, 2.45) is 0 Å². The van der Waals surface area contributed by atoms with Crippen LogP contribution in [0.1, 0.15) is 5.56 Å². The van der Waals surface area contributed by atoms with Crippen LogP contribution in [0.3, 0.4) is 0 Å². The van der Waals surface area contributed by atoms with Crippen molar-refractivity contribution in [1.29, 1.82) is 0 Å². The highest BCUT2D eigenvalue weighted by atomic mass is 35.5. The maximum atomic E-state index is 6.04. The number of quaternary nitrogens is 1. The lowest BCUT2D eigenvalue weighted by molar-refractivity contribution is -0.883. The van der Waals surface area contributed by atoms with E-state index in [1.807, 2.05) is 18.2 Å². The average Bonchev–Trinajstić information content (AvgIpc) is 1.95. The molecule has 0 unspecified atom stereocenters. The molecular formula is C10H14Cl2N+. The van der Waals surface area contributed by atoms with Crippen LogP contribution in [0.4, 0.5) is 0 Å². The van der Waals surface area contributed by atoms with Gasteiger partial charge in [-0.25, -0.2) is 0 Å². The van der Waals surface area contributed by atoms with Crippen molar-refractivity contribution in [3.05, 3.63) is 33.8 Å². The molecule has 0 aliphatic heterocycles. The van der Waals surface area contributed by atoms with E-state index in [2.05, 4.69) is 21.1 Å². The highest BCUT2D eigenvalue weighted by Crippen LogP contribution is 2.26. The molecule has 0 atom stereocenters. The maximum Gasteiger partial charge on any atom is 0.107 e. The zero-order valence-corrected chi connectivity index (χ0v) is 9.65. The predicted molar refractivity (Wildman–Crippen MR) is 58.2 cm³/mol. The second-order valence-corrected chi connectivity index (χ2v) is 4.96. The third-order valence-corrected chi connectivity index (χ3v) is 2.40. The Morgan fingerprint density at radius 1 is 1.08 bits per heavy atom. The zero-order chi connectivity index (χ0) is 10.1. The molecule has 0 N–H and O–H groups in total. The van der Waals surface area contributed by atoms with Gasteiger partial charge in [0.15, 0.2) is 0 Å². The van der Waals surface area contributed by atoms with Crippen LogP contribution in [0.25, 0.3) is 0 Å². The van der Waals surface area contributed by atoms with Crippen molar-refractivity contribution < 1.29 is 4.48 Å². The largest absolute Gasteiger partial charge is 0.327 e. The molecule has 0 heterocycles. The van der Waals surface area contributed by atoms with Crippen molar-refractivity contribution >= 4 is 23.2 Å². The van der Waals surface area contributed by atoms with Gasteiger partial charge < -0.3 is 4.48 Å². The fourth-order valence-electron chi connectivity index (χ4n) is 1.16. The second-order valence-electron chi connectivity index (χ2n) is 4.15. The van der Waals surface area contributed by atoms with Crippen molar-refractivity contribution in [1.82, 2.24) is 0 Å². The minimum absolute atomic E-state index is 0.751. The molecule has 0 aromatic heterocycles. The van der Waals surface area contributed by atoms with E-state index in [0.29, 0.717) is 0 Å². The molecule has 0 amide bonds. The second kappa shape index (κ2) is 3.87. The summed E-state index contributed by atoms with van der Waals surface area (Å²) < 4.78 is 0.823. The molecule has 13 heavy (non-hydrogen) atoms. The number of hydrogen-bond acceptors (Lipinski definition) is 0. The molecule has 3 heteroatoms. The minimum Gasteiger partial charge on any atom is -0.327 e. The van der Waals surface area contributed by atoms with Crippen LogP contribution in [0.2, 0.25) is 10.0 Å². The van der Waals surface area contributed by atoms with Gasteiger partial charge in [0.25, 0.3) is 0 Å². The topological polar surface area (TPSA) is 0 Å². The molecule has 1 aromatic rings. The van der Waals surface area contributed by atoms with Crippen molar-refractivity contribution in [2.45, 2.75) is 6.54 Å². The standard InChI is InChI=1S/C10H14Cl2N/c1-13(2,3)7-8-9(11)5-4-6-10(8)12/h4-6H,7H2,1-3H3/q+1. The van der Waals surface area contributed by atoms with E-state index in [9.17, 15) is 0 Å². The molecule has 0 radical (unpaired) electrons. The number of benzene rings is 1. The summed E-state index contributed by atoms with van der Waals surface area (Å²) in [6.45, 7) is 0.846. The first-order valence-corrected chi connectivity index (χ1v) is 4.89. The molecule has 1 rings (SSSR count). The Bertz CT molecular complexity index is 282.